The van der Waals surface area contributed by atoms with Crippen LogP contribution in [0.1, 0.15) is 40.5 Å². The van der Waals surface area contributed by atoms with Gasteiger partial charge in [0, 0.05) is 47.9 Å². The first kappa shape index (κ1) is 19.6. The Morgan fingerprint density at radius 2 is 1.81 bits per heavy atom. The number of anilines is 1. The van der Waals surface area contributed by atoms with E-state index >= 15 is 0 Å². The van der Waals surface area contributed by atoms with Gasteiger partial charge in [-0.1, -0.05) is 36.4 Å². The Bertz CT molecular complexity index is 1190. The maximum absolute atomic E-state index is 12.6. The average molecular weight is 414 g/mol. The molecule has 1 amide bonds. The summed E-state index contributed by atoms with van der Waals surface area (Å²) >= 11 is 0. The van der Waals surface area contributed by atoms with Gasteiger partial charge in [-0.3, -0.25) is 9.69 Å². The molecular weight excluding hydrogens is 386 g/mol. The Balaban J connectivity index is 1.24. The van der Waals surface area contributed by atoms with Crippen molar-refractivity contribution in [3.8, 4) is 0 Å². The summed E-state index contributed by atoms with van der Waals surface area (Å²) in [5, 5.41) is 8.86. The smallest absolute Gasteiger partial charge is 0.256 e. The number of carbonyl (C=O) groups excluding carboxylic acids is 1. The normalized spacial score (nSPS) is 15.4. The highest BCUT2D eigenvalue weighted by molar-refractivity contribution is 6.03. The SMILES string of the molecule is Cc1[nH]c2ccccc2c1CN1CCC(n2nccc2NC(=O)c2ccccc2)CC1. The number of rotatable bonds is 5. The molecule has 0 saturated carbocycles. The predicted octanol–water partition coefficient (Wildman–Crippen LogP) is 4.76. The first-order chi connectivity index (χ1) is 15.2. The van der Waals surface area contributed by atoms with E-state index in [1.165, 1.54) is 22.2 Å². The van der Waals surface area contributed by atoms with Gasteiger partial charge in [-0.05, 0) is 43.5 Å². The van der Waals surface area contributed by atoms with Crippen molar-refractivity contribution in [1.82, 2.24) is 19.7 Å². The molecule has 2 aromatic heterocycles. The van der Waals surface area contributed by atoms with Crippen LogP contribution in [0.4, 0.5) is 5.82 Å². The lowest BCUT2D eigenvalue weighted by molar-refractivity contribution is 0.102. The second kappa shape index (κ2) is 8.40. The van der Waals surface area contributed by atoms with Gasteiger partial charge >= 0.3 is 0 Å². The first-order valence-corrected chi connectivity index (χ1v) is 10.9. The summed E-state index contributed by atoms with van der Waals surface area (Å²) in [6.07, 6.45) is 3.79. The quantitative estimate of drug-likeness (QED) is 0.496. The molecule has 1 aliphatic rings. The van der Waals surface area contributed by atoms with Gasteiger partial charge in [0.05, 0.1) is 12.2 Å². The van der Waals surface area contributed by atoms with Crippen LogP contribution in [-0.2, 0) is 6.54 Å². The van der Waals surface area contributed by atoms with Crippen molar-refractivity contribution >= 4 is 22.6 Å². The molecule has 4 aromatic rings. The number of hydrogen-bond acceptors (Lipinski definition) is 3. The van der Waals surface area contributed by atoms with Gasteiger partial charge in [-0.2, -0.15) is 5.10 Å². The maximum atomic E-state index is 12.6. The molecule has 1 aliphatic heterocycles. The molecule has 6 heteroatoms. The zero-order valence-corrected chi connectivity index (χ0v) is 17.7. The Morgan fingerprint density at radius 3 is 2.61 bits per heavy atom. The number of hydrogen-bond donors (Lipinski definition) is 2. The van der Waals surface area contributed by atoms with Crippen LogP contribution in [-0.4, -0.2) is 38.7 Å². The van der Waals surface area contributed by atoms with Crippen LogP contribution in [0.5, 0.6) is 0 Å². The Hall–Kier alpha value is -3.38. The highest BCUT2D eigenvalue weighted by Gasteiger charge is 2.24. The standard InChI is InChI=1S/C25H27N5O/c1-18-22(21-9-5-6-10-23(21)27-18)17-29-15-12-20(13-16-29)30-24(11-14-26-30)28-25(31)19-7-3-2-4-8-19/h2-11,14,20,27H,12-13,15-17H2,1H3,(H,28,31). The molecule has 1 saturated heterocycles. The number of fused-ring (bicyclic) bond motifs is 1. The summed E-state index contributed by atoms with van der Waals surface area (Å²) in [6, 6.07) is 20.0. The molecule has 31 heavy (non-hydrogen) atoms. The van der Waals surface area contributed by atoms with Crippen molar-refractivity contribution in [2.45, 2.75) is 32.4 Å². The molecule has 5 rings (SSSR count). The number of aromatic nitrogens is 3. The van der Waals surface area contributed by atoms with Crippen LogP contribution in [0.2, 0.25) is 0 Å². The molecular formula is C25H27N5O. The van der Waals surface area contributed by atoms with Crippen molar-refractivity contribution < 1.29 is 4.79 Å². The van der Waals surface area contributed by atoms with E-state index in [4.69, 9.17) is 0 Å². The summed E-state index contributed by atoms with van der Waals surface area (Å²) in [4.78, 5) is 18.6. The van der Waals surface area contributed by atoms with Gasteiger partial charge in [0.2, 0.25) is 0 Å². The molecule has 0 bridgehead atoms. The molecule has 0 atom stereocenters. The van der Waals surface area contributed by atoms with Crippen LogP contribution in [0.25, 0.3) is 10.9 Å². The monoisotopic (exact) mass is 413 g/mol. The second-order valence-electron chi connectivity index (χ2n) is 8.26. The van der Waals surface area contributed by atoms with Gasteiger partial charge in [0.25, 0.3) is 5.91 Å². The van der Waals surface area contributed by atoms with Crippen molar-refractivity contribution in [3.63, 3.8) is 0 Å². The number of aryl methyl sites for hydroxylation is 1. The number of H-pyrrole nitrogens is 1. The molecule has 0 radical (unpaired) electrons. The number of nitrogens with one attached hydrogen (secondary N) is 2. The third-order valence-corrected chi connectivity index (χ3v) is 6.26. The fourth-order valence-electron chi connectivity index (χ4n) is 4.57. The Kier molecular flexibility index (Phi) is 5.30. The second-order valence-corrected chi connectivity index (χ2v) is 8.26. The lowest BCUT2D eigenvalue weighted by atomic mass is 10.0. The average Bonchev–Trinajstić information content (AvgIpc) is 3.39. The lowest BCUT2D eigenvalue weighted by Gasteiger charge is -2.32. The molecule has 0 spiro atoms. The first-order valence-electron chi connectivity index (χ1n) is 10.9. The number of para-hydroxylation sites is 1. The van der Waals surface area contributed by atoms with Gasteiger partial charge < -0.3 is 10.3 Å². The molecule has 2 aromatic carbocycles. The number of nitrogens with zero attached hydrogens (tertiary/aromatic N) is 3. The largest absolute Gasteiger partial charge is 0.358 e. The van der Waals surface area contributed by atoms with Crippen LogP contribution in [0.3, 0.4) is 0 Å². The van der Waals surface area contributed by atoms with Crippen LogP contribution >= 0.6 is 0 Å². The number of aromatic amines is 1. The number of carbonyl (C=O) groups is 1. The third kappa shape index (κ3) is 3.99. The van der Waals surface area contributed by atoms with Crippen molar-refractivity contribution in [2.75, 3.05) is 18.4 Å². The Labute approximate surface area is 181 Å². The highest BCUT2D eigenvalue weighted by atomic mass is 16.1. The number of amides is 1. The van der Waals surface area contributed by atoms with E-state index in [2.05, 4.69) is 51.5 Å². The van der Waals surface area contributed by atoms with E-state index in [1.54, 1.807) is 6.20 Å². The van der Waals surface area contributed by atoms with Gasteiger partial charge in [-0.15, -0.1) is 0 Å². The van der Waals surface area contributed by atoms with Crippen molar-refractivity contribution in [2.24, 2.45) is 0 Å². The molecule has 6 nitrogen and oxygen atoms in total. The van der Waals surface area contributed by atoms with Crippen LogP contribution in [0.15, 0.2) is 66.9 Å². The van der Waals surface area contributed by atoms with E-state index in [0.717, 1.165) is 38.3 Å². The molecule has 2 N–H and O–H groups in total. The minimum atomic E-state index is -0.102. The minimum absolute atomic E-state index is 0.102. The fraction of sp³-hybridized carbons (Fsp3) is 0.280. The van der Waals surface area contributed by atoms with Crippen molar-refractivity contribution in [1.29, 1.82) is 0 Å². The summed E-state index contributed by atoms with van der Waals surface area (Å²) in [5.74, 6) is 0.661. The summed E-state index contributed by atoms with van der Waals surface area (Å²) in [7, 11) is 0. The molecule has 3 heterocycles. The zero-order valence-electron chi connectivity index (χ0n) is 17.7. The molecule has 0 aliphatic carbocycles. The van der Waals surface area contributed by atoms with Gasteiger partial charge in [-0.25, -0.2) is 4.68 Å². The fourth-order valence-corrected chi connectivity index (χ4v) is 4.57. The number of piperidine rings is 1. The molecule has 1 fully saturated rings. The third-order valence-electron chi connectivity index (χ3n) is 6.26. The van der Waals surface area contributed by atoms with E-state index < -0.39 is 0 Å². The highest BCUT2D eigenvalue weighted by Crippen LogP contribution is 2.29. The van der Waals surface area contributed by atoms with E-state index in [9.17, 15) is 4.79 Å². The maximum Gasteiger partial charge on any atom is 0.256 e. The van der Waals surface area contributed by atoms with E-state index in [-0.39, 0.29) is 5.91 Å². The lowest BCUT2D eigenvalue weighted by Crippen LogP contribution is -2.35. The molecule has 158 valence electrons. The number of likely N-dealkylation sites (tertiary alicyclic amines) is 1. The predicted molar refractivity (Wildman–Crippen MR) is 123 cm³/mol. The summed E-state index contributed by atoms with van der Waals surface area (Å²) in [5.41, 5.74) is 4.50. The van der Waals surface area contributed by atoms with E-state index in [0.29, 0.717) is 11.6 Å². The zero-order chi connectivity index (χ0) is 21.2. The molecule has 0 unspecified atom stereocenters. The van der Waals surface area contributed by atoms with Crippen LogP contribution < -0.4 is 5.32 Å². The van der Waals surface area contributed by atoms with Gasteiger partial charge in [0.1, 0.15) is 5.82 Å². The summed E-state index contributed by atoms with van der Waals surface area (Å²) in [6.45, 7) is 5.14. The van der Waals surface area contributed by atoms with Crippen molar-refractivity contribution in [3.05, 3.63) is 83.7 Å². The van der Waals surface area contributed by atoms with Crippen LogP contribution in [0, 0.1) is 6.92 Å². The van der Waals surface area contributed by atoms with Gasteiger partial charge in [0.15, 0.2) is 0 Å². The van der Waals surface area contributed by atoms with E-state index in [1.807, 2.05) is 41.1 Å². The summed E-state index contributed by atoms with van der Waals surface area (Å²) < 4.78 is 1.98. The topological polar surface area (TPSA) is 66.0 Å². The number of benzene rings is 2. The Morgan fingerprint density at radius 1 is 1.06 bits per heavy atom. The minimum Gasteiger partial charge on any atom is -0.358 e.